The number of carbonyl (C=O) groups is 2. The van der Waals surface area contributed by atoms with E-state index < -0.39 is 11.2 Å². The van der Waals surface area contributed by atoms with Crippen LogP contribution >= 0.6 is 0 Å². The molecule has 0 aromatic carbocycles. The van der Waals surface area contributed by atoms with E-state index in [0.29, 0.717) is 24.4 Å². The Balaban J connectivity index is 1.33. The molecular weight excluding hydrogens is 332 g/mol. The van der Waals surface area contributed by atoms with E-state index in [4.69, 9.17) is 14.2 Å². The standard InChI is InChI=1S/C21H22O5/c1-8(2)20-15(26-20)14-12-6-19(14)18(12)4-3-9-10(7-24-16(9)22)11(18)5-13-21(19,25-13)17(20)23/h8,11-15H,3-7H2,1-2H3/t11?,12?,13-,14-,15-,18-,19-,20-,21+/m0/s1. The van der Waals surface area contributed by atoms with Gasteiger partial charge in [-0.1, -0.05) is 13.8 Å². The van der Waals surface area contributed by atoms with E-state index in [2.05, 4.69) is 13.8 Å². The van der Waals surface area contributed by atoms with Crippen molar-refractivity contribution in [3.05, 3.63) is 11.1 Å². The second kappa shape index (κ2) is 3.35. The molecule has 7 fully saturated rings. The lowest BCUT2D eigenvalue weighted by atomic mass is 9.14. The molecule has 2 bridgehead atoms. The molecule has 0 aromatic heterocycles. The van der Waals surface area contributed by atoms with Gasteiger partial charge in [-0.15, -0.1) is 0 Å². The quantitative estimate of drug-likeness (QED) is 0.530. The van der Waals surface area contributed by atoms with Gasteiger partial charge in [-0.2, -0.15) is 0 Å². The fourth-order valence-corrected chi connectivity index (χ4v) is 9.41. The maximum absolute atomic E-state index is 13.7. The van der Waals surface area contributed by atoms with Crippen LogP contribution in [0.3, 0.4) is 0 Å². The Hall–Kier alpha value is -1.20. The van der Waals surface area contributed by atoms with Crippen LogP contribution in [-0.4, -0.2) is 41.8 Å². The Bertz CT molecular complexity index is 904. The topological polar surface area (TPSA) is 68.4 Å². The average Bonchev–Trinajstić information content (AvgIpc) is 3.43. The Morgan fingerprint density at radius 2 is 2.04 bits per heavy atom. The summed E-state index contributed by atoms with van der Waals surface area (Å²) in [6.45, 7) is 4.71. The summed E-state index contributed by atoms with van der Waals surface area (Å²) in [5.41, 5.74) is 1.21. The first-order valence-corrected chi connectivity index (χ1v) is 10.3. The van der Waals surface area contributed by atoms with Gasteiger partial charge in [-0.25, -0.2) is 4.79 Å². The summed E-state index contributed by atoms with van der Waals surface area (Å²) >= 11 is 0. The SMILES string of the molecule is CC(C)[C@]12O[C@H]1[C@@H]1C3C[C@@]14[C@]31CCC3=C(COC3=O)C1C[C@@H]1O[C@@]14C2=O. The molecule has 26 heavy (non-hydrogen) atoms. The van der Waals surface area contributed by atoms with E-state index in [1.165, 1.54) is 5.57 Å². The minimum Gasteiger partial charge on any atom is -0.458 e. The molecule has 0 aromatic rings. The summed E-state index contributed by atoms with van der Waals surface area (Å²) in [4.78, 5) is 25.8. The molecule has 9 rings (SSSR count). The van der Waals surface area contributed by atoms with Crippen LogP contribution in [0, 0.1) is 34.5 Å². The predicted molar refractivity (Wildman–Crippen MR) is 86.8 cm³/mol. The van der Waals surface area contributed by atoms with Crippen molar-refractivity contribution in [1.29, 1.82) is 0 Å². The largest absolute Gasteiger partial charge is 0.458 e. The third-order valence-corrected chi connectivity index (χ3v) is 10.3. The number of epoxide rings is 2. The lowest BCUT2D eigenvalue weighted by Crippen LogP contribution is -2.90. The van der Waals surface area contributed by atoms with Gasteiger partial charge in [0, 0.05) is 16.9 Å². The molecule has 0 N–H and O–H groups in total. The van der Waals surface area contributed by atoms with E-state index in [0.717, 1.165) is 31.3 Å². The molecule has 5 saturated carbocycles. The van der Waals surface area contributed by atoms with Gasteiger partial charge < -0.3 is 14.2 Å². The summed E-state index contributed by atoms with van der Waals surface area (Å²) in [6, 6.07) is 0. The molecule has 0 amide bonds. The van der Waals surface area contributed by atoms with E-state index >= 15 is 0 Å². The molecule has 5 heteroatoms. The van der Waals surface area contributed by atoms with Crippen LogP contribution in [0.1, 0.15) is 39.5 Å². The third kappa shape index (κ3) is 0.883. The Morgan fingerprint density at radius 3 is 2.81 bits per heavy atom. The van der Waals surface area contributed by atoms with Crippen molar-refractivity contribution >= 4 is 11.8 Å². The van der Waals surface area contributed by atoms with Crippen molar-refractivity contribution in [2.75, 3.05) is 6.61 Å². The molecule has 5 nitrogen and oxygen atoms in total. The van der Waals surface area contributed by atoms with Crippen molar-refractivity contribution in [2.24, 2.45) is 34.5 Å². The van der Waals surface area contributed by atoms with Crippen LogP contribution in [0.5, 0.6) is 0 Å². The molecule has 3 aliphatic heterocycles. The van der Waals surface area contributed by atoms with Crippen molar-refractivity contribution in [1.82, 2.24) is 0 Å². The predicted octanol–water partition coefficient (Wildman–Crippen LogP) is 1.79. The number of hydrogen-bond donors (Lipinski definition) is 0. The summed E-state index contributed by atoms with van der Waals surface area (Å²) in [5, 5.41) is 0. The number of ether oxygens (including phenoxy) is 3. The monoisotopic (exact) mass is 354 g/mol. The number of ketones is 1. The number of esters is 1. The highest BCUT2D eigenvalue weighted by Gasteiger charge is 3.04. The summed E-state index contributed by atoms with van der Waals surface area (Å²) in [7, 11) is 0. The summed E-state index contributed by atoms with van der Waals surface area (Å²) < 4.78 is 18.0. The van der Waals surface area contributed by atoms with E-state index in [1.807, 2.05) is 0 Å². The van der Waals surface area contributed by atoms with Gasteiger partial charge in [0.05, 0.1) is 12.2 Å². The number of hydrogen-bond acceptors (Lipinski definition) is 5. The van der Waals surface area contributed by atoms with Gasteiger partial charge >= 0.3 is 5.97 Å². The number of carbonyl (C=O) groups excluding carboxylic acids is 2. The highest BCUT2D eigenvalue weighted by molar-refractivity contribution is 6.04. The van der Waals surface area contributed by atoms with E-state index in [1.54, 1.807) is 0 Å². The molecular formula is C21H22O5. The molecule has 9 aliphatic rings. The van der Waals surface area contributed by atoms with Crippen LogP contribution in [0.2, 0.25) is 0 Å². The smallest absolute Gasteiger partial charge is 0.334 e. The van der Waals surface area contributed by atoms with Gasteiger partial charge in [-0.05, 0) is 54.4 Å². The first kappa shape index (κ1) is 13.9. The first-order chi connectivity index (χ1) is 12.5. The van der Waals surface area contributed by atoms with Gasteiger partial charge in [0.1, 0.15) is 6.61 Å². The highest BCUT2D eigenvalue weighted by atomic mass is 16.7. The lowest BCUT2D eigenvalue weighted by Gasteiger charge is -2.87. The van der Waals surface area contributed by atoms with E-state index in [9.17, 15) is 9.59 Å². The molecule has 136 valence electrons. The van der Waals surface area contributed by atoms with Gasteiger partial charge in [0.2, 0.25) is 5.78 Å². The number of rotatable bonds is 1. The van der Waals surface area contributed by atoms with Gasteiger partial charge in [0.15, 0.2) is 11.2 Å². The summed E-state index contributed by atoms with van der Waals surface area (Å²) in [6.07, 6.45) is 4.02. The normalized spacial score (nSPS) is 64.3. The average molecular weight is 354 g/mol. The molecule has 2 saturated heterocycles. The highest BCUT2D eigenvalue weighted by Crippen LogP contribution is 2.97. The van der Waals surface area contributed by atoms with Gasteiger partial charge in [0.25, 0.3) is 0 Å². The molecule has 0 radical (unpaired) electrons. The minimum atomic E-state index is -0.568. The van der Waals surface area contributed by atoms with Gasteiger partial charge in [-0.3, -0.25) is 4.79 Å². The number of fused-ring (bicyclic) bond motifs is 2. The molecule has 9 atom stereocenters. The number of Topliss-reactive ketones (excluding diaryl/α,β-unsaturated/α-hetero) is 1. The zero-order valence-electron chi connectivity index (χ0n) is 15.0. The number of cyclic esters (lactones) is 1. The first-order valence-electron chi connectivity index (χ1n) is 10.3. The van der Waals surface area contributed by atoms with Crippen LogP contribution in [0.25, 0.3) is 0 Å². The van der Waals surface area contributed by atoms with E-state index in [-0.39, 0.29) is 40.7 Å². The molecule has 6 aliphatic carbocycles. The third-order valence-electron chi connectivity index (χ3n) is 10.3. The second-order valence-electron chi connectivity index (χ2n) is 10.4. The van der Waals surface area contributed by atoms with Crippen molar-refractivity contribution in [3.63, 3.8) is 0 Å². The van der Waals surface area contributed by atoms with Crippen molar-refractivity contribution < 1.29 is 23.8 Å². The maximum Gasteiger partial charge on any atom is 0.334 e. The molecule has 2 unspecified atom stereocenters. The lowest BCUT2D eigenvalue weighted by molar-refractivity contribution is -0.391. The van der Waals surface area contributed by atoms with Crippen LogP contribution in [0.15, 0.2) is 11.1 Å². The minimum absolute atomic E-state index is 0.0148. The van der Waals surface area contributed by atoms with Crippen molar-refractivity contribution in [3.8, 4) is 0 Å². The second-order valence-corrected chi connectivity index (χ2v) is 10.4. The zero-order valence-corrected chi connectivity index (χ0v) is 15.0. The van der Waals surface area contributed by atoms with Crippen LogP contribution in [-0.2, 0) is 23.8 Å². The van der Waals surface area contributed by atoms with Crippen molar-refractivity contribution in [2.45, 2.75) is 62.9 Å². The van der Waals surface area contributed by atoms with Crippen LogP contribution in [0.4, 0.5) is 0 Å². The Kier molecular flexibility index (Phi) is 1.79. The fraction of sp³-hybridized carbons (Fsp3) is 0.810. The summed E-state index contributed by atoms with van der Waals surface area (Å²) in [5.74, 6) is 1.89. The Labute approximate surface area is 151 Å². The molecule has 3 spiro atoms. The maximum atomic E-state index is 13.7. The zero-order chi connectivity index (χ0) is 17.4. The Morgan fingerprint density at radius 1 is 1.19 bits per heavy atom. The van der Waals surface area contributed by atoms with Crippen LogP contribution < -0.4 is 0 Å². The fourth-order valence-electron chi connectivity index (χ4n) is 9.41. The molecule has 3 heterocycles.